The Morgan fingerprint density at radius 2 is 1.81 bits per heavy atom. The molecule has 1 aliphatic carbocycles. The van der Waals surface area contributed by atoms with Crippen LogP contribution in [0, 0.1) is 13.8 Å². The van der Waals surface area contributed by atoms with Crippen molar-refractivity contribution in [2.45, 2.75) is 38.8 Å². The van der Waals surface area contributed by atoms with Crippen LogP contribution in [0.3, 0.4) is 0 Å². The van der Waals surface area contributed by atoms with Gasteiger partial charge in [-0.05, 0) is 69.2 Å². The van der Waals surface area contributed by atoms with Crippen molar-refractivity contribution >= 4 is 17.4 Å². The molecule has 2 N–H and O–H groups in total. The van der Waals surface area contributed by atoms with Crippen molar-refractivity contribution in [1.29, 1.82) is 0 Å². The minimum atomic E-state index is -4.52. The summed E-state index contributed by atoms with van der Waals surface area (Å²) >= 11 is 0. The summed E-state index contributed by atoms with van der Waals surface area (Å²) in [6.45, 7) is 3.06. The number of nitrogens with one attached hydrogen (secondary N) is 2. The third-order valence-electron chi connectivity index (χ3n) is 6.01. The third kappa shape index (κ3) is 4.51. The number of hydrogen-bond donors (Lipinski definition) is 2. The van der Waals surface area contributed by atoms with Gasteiger partial charge in [-0.1, -0.05) is 6.07 Å². The second-order valence-corrected chi connectivity index (χ2v) is 8.68. The fourth-order valence-electron chi connectivity index (χ4n) is 3.98. The number of alkyl halides is 3. The van der Waals surface area contributed by atoms with E-state index in [0.717, 1.165) is 36.4 Å². The maximum atomic E-state index is 13.1. The molecule has 0 radical (unpaired) electrons. The molecular formula is C25H21F3N6O2. The van der Waals surface area contributed by atoms with Crippen LogP contribution in [0.2, 0.25) is 0 Å². The van der Waals surface area contributed by atoms with E-state index in [1.165, 1.54) is 30.7 Å². The SMILES string of the molecule is Cc1nn(-c2cccc(C(F)(F)F)c2)c(C)c1C(=O)C(=O)Nc1ccc(-c2n[nH]c(C3CC3)n2)cc1. The lowest BCUT2D eigenvalue weighted by atomic mass is 10.1. The van der Waals surface area contributed by atoms with Crippen LogP contribution in [0.15, 0.2) is 48.5 Å². The van der Waals surface area contributed by atoms with Gasteiger partial charge >= 0.3 is 6.18 Å². The molecule has 0 unspecified atom stereocenters. The molecule has 0 spiro atoms. The van der Waals surface area contributed by atoms with Crippen molar-refractivity contribution in [3.63, 3.8) is 0 Å². The topological polar surface area (TPSA) is 106 Å². The molecule has 5 rings (SSSR count). The quantitative estimate of drug-likeness (QED) is 0.290. The van der Waals surface area contributed by atoms with Crippen molar-refractivity contribution in [3.05, 3.63) is 76.9 Å². The lowest BCUT2D eigenvalue weighted by Crippen LogP contribution is -2.24. The second-order valence-electron chi connectivity index (χ2n) is 8.68. The Kier molecular flexibility index (Phi) is 5.70. The molecule has 1 amide bonds. The molecule has 36 heavy (non-hydrogen) atoms. The highest BCUT2D eigenvalue weighted by Gasteiger charge is 2.31. The number of carbonyl (C=O) groups excluding carboxylic acids is 2. The van der Waals surface area contributed by atoms with Crippen molar-refractivity contribution in [3.8, 4) is 17.1 Å². The minimum Gasteiger partial charge on any atom is -0.319 e. The van der Waals surface area contributed by atoms with E-state index in [1.807, 2.05) is 0 Å². The van der Waals surface area contributed by atoms with Crippen LogP contribution >= 0.6 is 0 Å². The largest absolute Gasteiger partial charge is 0.416 e. The van der Waals surface area contributed by atoms with E-state index in [-0.39, 0.29) is 22.6 Å². The highest BCUT2D eigenvalue weighted by atomic mass is 19.4. The zero-order valence-corrected chi connectivity index (χ0v) is 19.3. The summed E-state index contributed by atoms with van der Waals surface area (Å²) in [7, 11) is 0. The Morgan fingerprint density at radius 1 is 1.08 bits per heavy atom. The average Bonchev–Trinajstić information content (AvgIpc) is 3.50. The van der Waals surface area contributed by atoms with Crippen molar-refractivity contribution < 1.29 is 22.8 Å². The molecule has 8 nitrogen and oxygen atoms in total. The molecule has 0 saturated heterocycles. The van der Waals surface area contributed by atoms with Gasteiger partial charge in [-0.3, -0.25) is 14.7 Å². The van der Waals surface area contributed by atoms with Crippen molar-refractivity contribution in [2.24, 2.45) is 0 Å². The number of Topliss-reactive ketones (excluding diaryl/α,β-unsaturated/α-hetero) is 1. The van der Waals surface area contributed by atoms with Crippen LogP contribution in [0.25, 0.3) is 17.1 Å². The summed E-state index contributed by atoms with van der Waals surface area (Å²) in [4.78, 5) is 30.2. The molecule has 1 fully saturated rings. The first-order valence-corrected chi connectivity index (χ1v) is 11.2. The summed E-state index contributed by atoms with van der Waals surface area (Å²) in [6.07, 6.45) is -2.32. The Hall–Kier alpha value is -4.28. The van der Waals surface area contributed by atoms with Gasteiger partial charge < -0.3 is 5.32 Å². The number of aryl methyl sites for hydroxylation is 1. The van der Waals surface area contributed by atoms with E-state index in [9.17, 15) is 22.8 Å². The molecule has 1 aliphatic rings. The summed E-state index contributed by atoms with van der Waals surface area (Å²) in [5.41, 5.74) is 0.990. The van der Waals surface area contributed by atoms with Crippen LogP contribution < -0.4 is 5.32 Å². The molecular weight excluding hydrogens is 473 g/mol. The van der Waals surface area contributed by atoms with E-state index < -0.39 is 23.4 Å². The van der Waals surface area contributed by atoms with E-state index >= 15 is 0 Å². The van der Waals surface area contributed by atoms with Gasteiger partial charge in [0.25, 0.3) is 11.7 Å². The van der Waals surface area contributed by atoms with Gasteiger partial charge in [-0.25, -0.2) is 9.67 Å². The molecule has 4 aromatic rings. The Balaban J connectivity index is 1.33. The fraction of sp³-hybridized carbons (Fsp3) is 0.240. The lowest BCUT2D eigenvalue weighted by Gasteiger charge is -2.10. The molecule has 0 bridgehead atoms. The van der Waals surface area contributed by atoms with Crippen LogP contribution in [0.4, 0.5) is 18.9 Å². The normalized spacial score (nSPS) is 13.6. The Labute approximate surface area is 203 Å². The second kappa shape index (κ2) is 8.74. The first-order chi connectivity index (χ1) is 17.1. The summed E-state index contributed by atoms with van der Waals surface area (Å²) < 4.78 is 40.6. The first kappa shape index (κ1) is 23.5. The van der Waals surface area contributed by atoms with Crippen LogP contribution in [-0.4, -0.2) is 36.7 Å². The average molecular weight is 494 g/mol. The van der Waals surface area contributed by atoms with E-state index in [0.29, 0.717) is 17.4 Å². The summed E-state index contributed by atoms with van der Waals surface area (Å²) in [5, 5.41) is 13.9. The summed E-state index contributed by atoms with van der Waals surface area (Å²) in [6, 6.07) is 11.4. The smallest absolute Gasteiger partial charge is 0.319 e. The van der Waals surface area contributed by atoms with E-state index in [2.05, 4.69) is 25.6 Å². The van der Waals surface area contributed by atoms with Gasteiger partial charge in [0.2, 0.25) is 0 Å². The Bertz CT molecular complexity index is 1470. The molecule has 0 atom stereocenters. The minimum absolute atomic E-state index is 0.0369. The number of nitrogens with zero attached hydrogens (tertiary/aromatic N) is 4. The van der Waals surface area contributed by atoms with Crippen LogP contribution in [0.5, 0.6) is 0 Å². The number of carbonyl (C=O) groups is 2. The predicted octanol–water partition coefficient (Wildman–Crippen LogP) is 4.99. The molecule has 1 saturated carbocycles. The van der Waals surface area contributed by atoms with E-state index in [1.54, 1.807) is 24.3 Å². The van der Waals surface area contributed by atoms with Gasteiger partial charge in [-0.15, -0.1) is 0 Å². The number of aromatic amines is 1. The maximum Gasteiger partial charge on any atom is 0.416 e. The highest BCUT2D eigenvalue weighted by molar-refractivity contribution is 6.47. The number of ketones is 1. The van der Waals surface area contributed by atoms with Gasteiger partial charge in [0.1, 0.15) is 5.82 Å². The standard InChI is InChI=1S/C25H21F3N6O2/c1-13-20(14(2)34(33-13)19-5-3-4-17(12-19)25(26,27)28)21(35)24(36)29-18-10-8-16(9-11-18)23-30-22(31-32-23)15-6-7-15/h3-5,8-12,15H,6-7H2,1-2H3,(H,29,36)(H,30,31,32). The summed E-state index contributed by atoms with van der Waals surface area (Å²) in [5.74, 6) is 0.144. The zero-order chi connectivity index (χ0) is 25.6. The monoisotopic (exact) mass is 494 g/mol. The number of hydrogen-bond acceptors (Lipinski definition) is 5. The predicted molar refractivity (Wildman–Crippen MR) is 125 cm³/mol. The van der Waals surface area contributed by atoms with Crippen LogP contribution in [0.1, 0.15) is 51.9 Å². The Morgan fingerprint density at radius 3 is 2.47 bits per heavy atom. The van der Waals surface area contributed by atoms with Crippen molar-refractivity contribution in [1.82, 2.24) is 25.0 Å². The number of H-pyrrole nitrogens is 1. The lowest BCUT2D eigenvalue weighted by molar-refractivity contribution is -0.137. The highest BCUT2D eigenvalue weighted by Crippen LogP contribution is 2.38. The van der Waals surface area contributed by atoms with Gasteiger partial charge in [0, 0.05) is 17.2 Å². The number of aromatic nitrogens is 5. The molecule has 2 aromatic carbocycles. The molecule has 2 aromatic heterocycles. The third-order valence-corrected chi connectivity index (χ3v) is 6.01. The first-order valence-electron chi connectivity index (χ1n) is 11.2. The maximum absolute atomic E-state index is 13.1. The molecule has 2 heterocycles. The molecule has 11 heteroatoms. The number of anilines is 1. The van der Waals surface area contributed by atoms with Gasteiger partial charge in [0.15, 0.2) is 5.82 Å². The molecule has 184 valence electrons. The number of rotatable bonds is 6. The number of halogens is 3. The van der Waals surface area contributed by atoms with E-state index in [4.69, 9.17) is 0 Å². The van der Waals surface area contributed by atoms with Crippen LogP contribution in [-0.2, 0) is 11.0 Å². The van der Waals surface area contributed by atoms with Gasteiger partial charge in [-0.2, -0.15) is 23.4 Å². The van der Waals surface area contributed by atoms with Crippen molar-refractivity contribution in [2.75, 3.05) is 5.32 Å². The fourth-order valence-corrected chi connectivity index (χ4v) is 3.98. The zero-order valence-electron chi connectivity index (χ0n) is 19.3. The molecule has 0 aliphatic heterocycles. The van der Waals surface area contributed by atoms with Gasteiger partial charge in [0.05, 0.1) is 28.2 Å². The number of benzene rings is 2. The number of amides is 1.